The van der Waals surface area contributed by atoms with Crippen LogP contribution >= 0.6 is 0 Å². The number of benzene rings is 1. The summed E-state index contributed by atoms with van der Waals surface area (Å²) < 4.78 is 13.1. The summed E-state index contributed by atoms with van der Waals surface area (Å²) in [6.45, 7) is 0.448. The summed E-state index contributed by atoms with van der Waals surface area (Å²) in [6.07, 6.45) is 3.69. The quantitative estimate of drug-likeness (QED) is 0.844. The van der Waals surface area contributed by atoms with Crippen molar-refractivity contribution in [2.45, 2.75) is 31.3 Å². The molecule has 0 bridgehead atoms. The average molecular weight is 234 g/mol. The van der Waals surface area contributed by atoms with Crippen LogP contribution in [0.3, 0.4) is 0 Å². The first-order valence-corrected chi connectivity index (χ1v) is 5.79. The van der Waals surface area contributed by atoms with Gasteiger partial charge in [0.25, 0.3) is 0 Å². The Labute approximate surface area is 99.9 Å². The molecule has 2 N–H and O–H groups in total. The summed E-state index contributed by atoms with van der Waals surface area (Å²) in [5.41, 5.74) is 0.0398. The lowest BCUT2D eigenvalue weighted by atomic mass is 10.0. The van der Waals surface area contributed by atoms with Crippen molar-refractivity contribution in [3.8, 4) is 6.07 Å². The van der Waals surface area contributed by atoms with Crippen molar-refractivity contribution >= 4 is 5.69 Å². The highest BCUT2D eigenvalue weighted by atomic mass is 19.1. The maximum atomic E-state index is 13.1. The van der Waals surface area contributed by atoms with Gasteiger partial charge < -0.3 is 10.4 Å². The van der Waals surface area contributed by atoms with Gasteiger partial charge in [-0.1, -0.05) is 12.8 Å². The van der Waals surface area contributed by atoms with Crippen LogP contribution < -0.4 is 5.32 Å². The molecule has 0 unspecified atom stereocenters. The zero-order chi connectivity index (χ0) is 12.3. The molecule has 1 fully saturated rings. The molecular formula is C13H15FN2O. The van der Waals surface area contributed by atoms with Crippen molar-refractivity contribution in [3.63, 3.8) is 0 Å². The van der Waals surface area contributed by atoms with E-state index >= 15 is 0 Å². The van der Waals surface area contributed by atoms with Crippen LogP contribution in [0.25, 0.3) is 0 Å². The van der Waals surface area contributed by atoms with E-state index in [1.165, 1.54) is 12.1 Å². The average Bonchev–Trinajstić information content (AvgIpc) is 2.76. The minimum Gasteiger partial charge on any atom is -0.388 e. The molecule has 2 rings (SSSR count). The van der Waals surface area contributed by atoms with Crippen molar-refractivity contribution in [2.24, 2.45) is 0 Å². The van der Waals surface area contributed by atoms with Gasteiger partial charge in [-0.05, 0) is 31.0 Å². The van der Waals surface area contributed by atoms with Crippen LogP contribution in [0.4, 0.5) is 10.1 Å². The molecule has 1 aromatic carbocycles. The Morgan fingerprint density at radius 2 is 2.12 bits per heavy atom. The molecular weight excluding hydrogens is 219 g/mol. The Morgan fingerprint density at radius 3 is 2.76 bits per heavy atom. The van der Waals surface area contributed by atoms with E-state index in [1.807, 2.05) is 0 Å². The lowest BCUT2D eigenvalue weighted by Crippen LogP contribution is -2.33. The van der Waals surface area contributed by atoms with Crippen molar-refractivity contribution in [2.75, 3.05) is 11.9 Å². The molecule has 0 spiro atoms. The molecule has 1 saturated carbocycles. The number of hydrogen-bond acceptors (Lipinski definition) is 3. The summed E-state index contributed by atoms with van der Waals surface area (Å²) >= 11 is 0. The standard InChI is InChI=1S/C13H15FN2O/c14-12-4-3-11(7-10(12)8-15)16-9-13(17)5-1-2-6-13/h3-4,7,16-17H,1-2,5-6,9H2. The summed E-state index contributed by atoms with van der Waals surface area (Å²) in [5.74, 6) is -0.516. The number of anilines is 1. The molecule has 0 atom stereocenters. The van der Waals surface area contributed by atoms with Gasteiger partial charge in [0, 0.05) is 12.2 Å². The smallest absolute Gasteiger partial charge is 0.141 e. The number of nitrogens with one attached hydrogen (secondary N) is 1. The number of rotatable bonds is 3. The largest absolute Gasteiger partial charge is 0.388 e. The number of aliphatic hydroxyl groups is 1. The topological polar surface area (TPSA) is 56.0 Å². The first-order chi connectivity index (χ1) is 8.13. The third kappa shape index (κ3) is 2.75. The van der Waals surface area contributed by atoms with Gasteiger partial charge in [-0.2, -0.15) is 5.26 Å². The first kappa shape index (κ1) is 11.9. The second-order valence-electron chi connectivity index (χ2n) is 4.59. The monoisotopic (exact) mass is 234 g/mol. The number of nitrogens with zero attached hydrogens (tertiary/aromatic N) is 1. The van der Waals surface area contributed by atoms with Crippen LogP contribution in [0.1, 0.15) is 31.2 Å². The van der Waals surface area contributed by atoms with Gasteiger partial charge in [-0.15, -0.1) is 0 Å². The Hall–Kier alpha value is -1.60. The predicted octanol–water partition coefficient (Wildman–Crippen LogP) is 2.41. The molecule has 0 amide bonds. The van der Waals surface area contributed by atoms with Crippen LogP contribution in [0, 0.1) is 17.1 Å². The van der Waals surface area contributed by atoms with Crippen LogP contribution in [0.5, 0.6) is 0 Å². The molecule has 0 radical (unpaired) electrons. The highest BCUT2D eigenvalue weighted by Crippen LogP contribution is 2.29. The first-order valence-electron chi connectivity index (χ1n) is 5.79. The SMILES string of the molecule is N#Cc1cc(NCC2(O)CCCC2)ccc1F. The summed E-state index contributed by atoms with van der Waals surface area (Å²) in [6, 6.07) is 6.10. The fourth-order valence-corrected chi connectivity index (χ4v) is 2.20. The molecule has 0 aromatic heterocycles. The molecule has 0 heterocycles. The summed E-state index contributed by atoms with van der Waals surface area (Å²) in [4.78, 5) is 0. The van der Waals surface area contributed by atoms with Gasteiger partial charge in [0.2, 0.25) is 0 Å². The third-order valence-electron chi connectivity index (χ3n) is 3.24. The van der Waals surface area contributed by atoms with E-state index in [1.54, 1.807) is 12.1 Å². The van der Waals surface area contributed by atoms with Gasteiger partial charge in [0.1, 0.15) is 11.9 Å². The van der Waals surface area contributed by atoms with Gasteiger partial charge >= 0.3 is 0 Å². The van der Waals surface area contributed by atoms with Crippen LogP contribution in [-0.2, 0) is 0 Å². The Morgan fingerprint density at radius 1 is 1.41 bits per heavy atom. The van der Waals surface area contributed by atoms with E-state index in [9.17, 15) is 9.50 Å². The van der Waals surface area contributed by atoms with Crippen molar-refractivity contribution in [1.82, 2.24) is 0 Å². The van der Waals surface area contributed by atoms with Gasteiger partial charge in [0.15, 0.2) is 0 Å². The van der Waals surface area contributed by atoms with E-state index in [-0.39, 0.29) is 5.56 Å². The lowest BCUT2D eigenvalue weighted by Gasteiger charge is -2.23. The molecule has 4 heteroatoms. The molecule has 90 valence electrons. The highest BCUT2D eigenvalue weighted by Gasteiger charge is 2.30. The minimum absolute atomic E-state index is 0.0217. The van der Waals surface area contributed by atoms with E-state index < -0.39 is 11.4 Å². The fraction of sp³-hybridized carbons (Fsp3) is 0.462. The Bertz CT molecular complexity index is 447. The highest BCUT2D eigenvalue weighted by molar-refractivity contribution is 5.50. The molecule has 1 aliphatic rings. The molecule has 17 heavy (non-hydrogen) atoms. The van der Waals surface area contributed by atoms with Gasteiger partial charge in [-0.3, -0.25) is 0 Å². The summed E-state index contributed by atoms with van der Waals surface area (Å²) in [7, 11) is 0. The van der Waals surface area contributed by atoms with Crippen LogP contribution in [0.15, 0.2) is 18.2 Å². The maximum Gasteiger partial charge on any atom is 0.141 e. The lowest BCUT2D eigenvalue weighted by molar-refractivity contribution is 0.0615. The van der Waals surface area contributed by atoms with E-state index in [0.717, 1.165) is 25.7 Å². The van der Waals surface area contributed by atoms with Gasteiger partial charge in [0.05, 0.1) is 11.2 Å². The Kier molecular flexibility index (Phi) is 3.30. The van der Waals surface area contributed by atoms with Crippen molar-refractivity contribution < 1.29 is 9.50 Å². The van der Waals surface area contributed by atoms with Crippen LogP contribution in [0.2, 0.25) is 0 Å². The number of halogens is 1. The minimum atomic E-state index is -0.652. The summed E-state index contributed by atoms with van der Waals surface area (Å²) in [5, 5.41) is 21.9. The Balaban J connectivity index is 2.02. The van der Waals surface area contributed by atoms with Crippen LogP contribution in [-0.4, -0.2) is 17.3 Å². The third-order valence-corrected chi connectivity index (χ3v) is 3.24. The van der Waals surface area contributed by atoms with E-state index in [2.05, 4.69) is 5.32 Å². The number of nitriles is 1. The fourth-order valence-electron chi connectivity index (χ4n) is 2.20. The maximum absolute atomic E-state index is 13.1. The number of hydrogen-bond donors (Lipinski definition) is 2. The second kappa shape index (κ2) is 4.72. The van der Waals surface area contributed by atoms with Crippen molar-refractivity contribution in [1.29, 1.82) is 5.26 Å². The van der Waals surface area contributed by atoms with E-state index in [4.69, 9.17) is 5.26 Å². The molecule has 0 saturated heterocycles. The van der Waals surface area contributed by atoms with E-state index in [0.29, 0.717) is 12.2 Å². The molecule has 1 aliphatic carbocycles. The molecule has 3 nitrogen and oxygen atoms in total. The van der Waals surface area contributed by atoms with Gasteiger partial charge in [-0.25, -0.2) is 4.39 Å². The molecule has 0 aliphatic heterocycles. The van der Waals surface area contributed by atoms with Crippen molar-refractivity contribution in [3.05, 3.63) is 29.6 Å². The predicted molar refractivity (Wildman–Crippen MR) is 63.0 cm³/mol. The zero-order valence-electron chi connectivity index (χ0n) is 9.54. The second-order valence-corrected chi connectivity index (χ2v) is 4.59. The zero-order valence-corrected chi connectivity index (χ0v) is 9.54. The molecule has 1 aromatic rings. The normalized spacial score (nSPS) is 17.7.